The Morgan fingerprint density at radius 2 is 1.95 bits per heavy atom. The Kier molecular flexibility index (Phi) is 3.76. The van der Waals surface area contributed by atoms with Crippen LogP contribution in [0, 0.1) is 0 Å². The minimum Gasteiger partial charge on any atom is -0.478 e. The van der Waals surface area contributed by atoms with Crippen molar-refractivity contribution < 1.29 is 18.3 Å². The Morgan fingerprint density at radius 1 is 1.23 bits per heavy atom. The molecule has 1 fully saturated rings. The quantitative estimate of drug-likeness (QED) is 0.915. The zero-order valence-corrected chi connectivity index (χ0v) is 13.4. The zero-order chi connectivity index (χ0) is 15.9. The third-order valence-electron chi connectivity index (χ3n) is 4.42. The average Bonchev–Trinajstić information content (AvgIpc) is 2.89. The first-order valence-electron chi connectivity index (χ1n) is 7.59. The Balaban J connectivity index is 2.17. The van der Waals surface area contributed by atoms with E-state index in [-0.39, 0.29) is 11.3 Å². The van der Waals surface area contributed by atoms with Crippen molar-refractivity contribution in [2.45, 2.75) is 26.2 Å². The molecular formula is C15H20N2O4S. The van der Waals surface area contributed by atoms with Gasteiger partial charge in [-0.05, 0) is 38.3 Å². The summed E-state index contributed by atoms with van der Waals surface area (Å²) in [5.74, 6) is -0.891. The van der Waals surface area contributed by atoms with E-state index in [0.29, 0.717) is 18.7 Å². The molecule has 0 aromatic heterocycles. The molecule has 2 aliphatic heterocycles. The molecule has 7 heteroatoms. The van der Waals surface area contributed by atoms with Crippen LogP contribution >= 0.6 is 0 Å². The predicted octanol–water partition coefficient (Wildman–Crippen LogP) is 1.70. The van der Waals surface area contributed by atoms with Crippen LogP contribution in [0.25, 0.3) is 0 Å². The second kappa shape index (κ2) is 5.46. The number of nitrogens with zero attached hydrogens (tertiary/aromatic N) is 2. The lowest BCUT2D eigenvalue weighted by Crippen LogP contribution is -2.38. The van der Waals surface area contributed by atoms with E-state index < -0.39 is 16.0 Å². The number of sulfonamides is 1. The van der Waals surface area contributed by atoms with Gasteiger partial charge in [0.15, 0.2) is 0 Å². The van der Waals surface area contributed by atoms with Gasteiger partial charge in [0.05, 0.1) is 17.0 Å². The molecule has 1 saturated heterocycles. The molecular weight excluding hydrogens is 304 g/mol. The predicted molar refractivity (Wildman–Crippen MR) is 85.4 cm³/mol. The largest absolute Gasteiger partial charge is 0.478 e. The fraction of sp³-hybridized carbons (Fsp3) is 0.533. The van der Waals surface area contributed by atoms with Crippen molar-refractivity contribution in [3.8, 4) is 0 Å². The van der Waals surface area contributed by atoms with E-state index in [1.165, 1.54) is 10.4 Å². The highest BCUT2D eigenvalue weighted by Crippen LogP contribution is 2.39. The van der Waals surface area contributed by atoms with Crippen molar-refractivity contribution in [3.63, 3.8) is 0 Å². The number of hydrogen-bond acceptors (Lipinski definition) is 4. The third-order valence-corrected chi connectivity index (χ3v) is 6.28. The molecule has 1 aromatic carbocycles. The Labute approximate surface area is 130 Å². The number of likely N-dealkylation sites (N-methyl/N-ethyl adjacent to an activating group) is 1. The number of anilines is 2. The molecule has 0 unspecified atom stereocenters. The van der Waals surface area contributed by atoms with Crippen molar-refractivity contribution in [3.05, 3.63) is 23.3 Å². The molecule has 120 valence electrons. The maximum absolute atomic E-state index is 12.4. The Hall–Kier alpha value is -1.76. The Morgan fingerprint density at radius 3 is 2.59 bits per heavy atom. The minimum atomic E-state index is -3.34. The summed E-state index contributed by atoms with van der Waals surface area (Å²) in [5, 5.41) is 9.34. The van der Waals surface area contributed by atoms with Gasteiger partial charge in [0.1, 0.15) is 0 Å². The van der Waals surface area contributed by atoms with Gasteiger partial charge in [-0.25, -0.2) is 13.2 Å². The van der Waals surface area contributed by atoms with Crippen LogP contribution in [0.15, 0.2) is 12.1 Å². The van der Waals surface area contributed by atoms with Crippen molar-refractivity contribution in [1.29, 1.82) is 0 Å². The van der Waals surface area contributed by atoms with Crippen LogP contribution in [0.1, 0.15) is 35.7 Å². The van der Waals surface area contributed by atoms with Crippen molar-refractivity contribution >= 4 is 27.4 Å². The fourth-order valence-electron chi connectivity index (χ4n) is 3.28. The summed E-state index contributed by atoms with van der Waals surface area (Å²) in [6.07, 6.45) is 2.23. The first kappa shape index (κ1) is 15.1. The summed E-state index contributed by atoms with van der Waals surface area (Å²) in [4.78, 5) is 13.5. The molecule has 22 heavy (non-hydrogen) atoms. The number of carboxylic acids is 1. The summed E-state index contributed by atoms with van der Waals surface area (Å²) in [6, 6.07) is 3.18. The van der Waals surface area contributed by atoms with E-state index in [1.807, 2.05) is 6.92 Å². The van der Waals surface area contributed by atoms with Gasteiger partial charge in [0.2, 0.25) is 10.0 Å². The van der Waals surface area contributed by atoms with Crippen LogP contribution in [-0.4, -0.2) is 44.9 Å². The van der Waals surface area contributed by atoms with Gasteiger partial charge in [0, 0.05) is 30.9 Å². The first-order chi connectivity index (χ1) is 10.4. The SMILES string of the molecule is CCN1CCc2c1cc(C(=O)O)cc2N1CCCCS1(=O)=O. The molecule has 0 atom stereocenters. The molecule has 2 heterocycles. The van der Waals surface area contributed by atoms with Crippen LogP contribution in [0.3, 0.4) is 0 Å². The summed E-state index contributed by atoms with van der Waals surface area (Å²) in [6.45, 7) is 4.03. The standard InChI is InChI=1S/C15H20N2O4S/c1-2-16-7-5-12-13(16)9-11(15(18)19)10-14(12)17-6-3-4-8-22(17,20)21/h9-10H,2-8H2,1H3,(H,18,19). The van der Waals surface area contributed by atoms with E-state index in [0.717, 1.165) is 37.2 Å². The lowest BCUT2D eigenvalue weighted by atomic mass is 10.1. The van der Waals surface area contributed by atoms with Gasteiger partial charge < -0.3 is 10.0 Å². The highest BCUT2D eigenvalue weighted by Gasteiger charge is 2.32. The second-order valence-corrected chi connectivity index (χ2v) is 7.74. The number of fused-ring (bicyclic) bond motifs is 1. The van der Waals surface area contributed by atoms with Gasteiger partial charge in [0.25, 0.3) is 0 Å². The number of hydrogen-bond donors (Lipinski definition) is 1. The van der Waals surface area contributed by atoms with Crippen molar-refractivity contribution in [2.24, 2.45) is 0 Å². The van der Waals surface area contributed by atoms with E-state index in [9.17, 15) is 18.3 Å². The van der Waals surface area contributed by atoms with E-state index in [2.05, 4.69) is 4.90 Å². The molecule has 0 amide bonds. The highest BCUT2D eigenvalue weighted by atomic mass is 32.2. The van der Waals surface area contributed by atoms with E-state index in [4.69, 9.17) is 0 Å². The lowest BCUT2D eigenvalue weighted by molar-refractivity contribution is 0.0697. The van der Waals surface area contributed by atoms with Crippen LogP contribution in [0.2, 0.25) is 0 Å². The minimum absolute atomic E-state index is 0.135. The van der Waals surface area contributed by atoms with Crippen molar-refractivity contribution in [1.82, 2.24) is 0 Å². The fourth-order valence-corrected chi connectivity index (χ4v) is 4.94. The highest BCUT2D eigenvalue weighted by molar-refractivity contribution is 7.92. The third kappa shape index (κ3) is 2.43. The van der Waals surface area contributed by atoms with E-state index in [1.54, 1.807) is 6.07 Å². The van der Waals surface area contributed by atoms with Crippen LogP contribution in [0.5, 0.6) is 0 Å². The van der Waals surface area contributed by atoms with Crippen LogP contribution in [0.4, 0.5) is 11.4 Å². The molecule has 0 spiro atoms. The lowest BCUT2D eigenvalue weighted by Gasteiger charge is -2.30. The van der Waals surface area contributed by atoms with Gasteiger partial charge in [-0.1, -0.05) is 0 Å². The first-order valence-corrected chi connectivity index (χ1v) is 9.20. The summed E-state index contributed by atoms with van der Waals surface area (Å²) < 4.78 is 26.2. The normalized spacial score (nSPS) is 20.0. The molecule has 0 radical (unpaired) electrons. The maximum atomic E-state index is 12.4. The number of carbonyl (C=O) groups is 1. The summed E-state index contributed by atoms with van der Waals surface area (Å²) in [5.41, 5.74) is 2.52. The van der Waals surface area contributed by atoms with Gasteiger partial charge in [-0.15, -0.1) is 0 Å². The average molecular weight is 324 g/mol. The molecule has 0 saturated carbocycles. The van der Waals surface area contributed by atoms with Crippen LogP contribution in [-0.2, 0) is 16.4 Å². The monoisotopic (exact) mass is 324 g/mol. The Bertz CT molecular complexity index is 714. The van der Waals surface area contributed by atoms with E-state index >= 15 is 0 Å². The topological polar surface area (TPSA) is 77.9 Å². The van der Waals surface area contributed by atoms with Crippen LogP contribution < -0.4 is 9.21 Å². The molecule has 2 aliphatic rings. The summed E-state index contributed by atoms with van der Waals surface area (Å²) in [7, 11) is -3.34. The molecule has 1 N–H and O–H groups in total. The van der Waals surface area contributed by atoms with Gasteiger partial charge in [-0.3, -0.25) is 4.31 Å². The molecule has 6 nitrogen and oxygen atoms in total. The molecule has 3 rings (SSSR count). The van der Waals surface area contributed by atoms with Gasteiger partial charge in [-0.2, -0.15) is 0 Å². The molecule has 0 aliphatic carbocycles. The second-order valence-electron chi connectivity index (χ2n) is 5.72. The van der Waals surface area contributed by atoms with Crippen molar-refractivity contribution in [2.75, 3.05) is 34.6 Å². The molecule has 0 bridgehead atoms. The van der Waals surface area contributed by atoms with Gasteiger partial charge >= 0.3 is 5.97 Å². The number of benzene rings is 1. The number of carboxylic acid groups (broad SMARTS) is 1. The number of aromatic carboxylic acids is 1. The molecule has 1 aromatic rings. The smallest absolute Gasteiger partial charge is 0.335 e. The maximum Gasteiger partial charge on any atom is 0.335 e. The zero-order valence-electron chi connectivity index (χ0n) is 12.6. The number of rotatable bonds is 3. The summed E-state index contributed by atoms with van der Waals surface area (Å²) >= 11 is 0.